The predicted octanol–water partition coefficient (Wildman–Crippen LogP) is 1.45. The van der Waals surface area contributed by atoms with Gasteiger partial charge in [-0.05, 0) is 31.8 Å². The molecule has 1 atom stereocenters. The Labute approximate surface area is 85.5 Å². The smallest absolute Gasteiger partial charge is 0.108 e. The third-order valence-electron chi connectivity index (χ3n) is 2.97. The van der Waals surface area contributed by atoms with Crippen LogP contribution >= 0.6 is 0 Å². The van der Waals surface area contributed by atoms with Gasteiger partial charge in [-0.1, -0.05) is 6.92 Å². The lowest BCUT2D eigenvalue weighted by atomic mass is 10.00. The molecule has 78 valence electrons. The minimum absolute atomic E-state index is 0.795. The second-order valence-corrected chi connectivity index (χ2v) is 4.06. The van der Waals surface area contributed by atoms with Crippen molar-refractivity contribution in [2.24, 2.45) is 5.92 Å². The molecule has 14 heavy (non-hydrogen) atoms. The van der Waals surface area contributed by atoms with E-state index in [1.165, 1.54) is 31.8 Å². The Hall–Kier alpha value is -0.830. The van der Waals surface area contributed by atoms with Gasteiger partial charge in [-0.3, -0.25) is 0 Å². The van der Waals surface area contributed by atoms with Crippen molar-refractivity contribution in [1.82, 2.24) is 14.9 Å². The Kier molecular flexibility index (Phi) is 3.19. The van der Waals surface area contributed by atoms with Crippen molar-refractivity contribution in [2.45, 2.75) is 32.7 Å². The first-order chi connectivity index (χ1) is 6.90. The van der Waals surface area contributed by atoms with Gasteiger partial charge >= 0.3 is 0 Å². The molecular weight excluding hydrogens is 174 g/mol. The Morgan fingerprint density at radius 2 is 2.57 bits per heavy atom. The molecule has 0 aromatic carbocycles. The molecule has 0 radical (unpaired) electrons. The number of piperidine rings is 1. The fourth-order valence-electron chi connectivity index (χ4n) is 2.18. The average molecular weight is 193 g/mol. The first-order valence-corrected chi connectivity index (χ1v) is 5.61. The lowest BCUT2D eigenvalue weighted by molar-refractivity contribution is 0.334. The van der Waals surface area contributed by atoms with Crippen LogP contribution in [0.1, 0.15) is 25.6 Å². The third kappa shape index (κ3) is 2.15. The fourth-order valence-corrected chi connectivity index (χ4v) is 2.18. The normalized spacial score (nSPS) is 22.5. The Bertz CT molecular complexity index is 274. The SMILES string of the molecule is CCc1nccn1CC1CCCNC1. The summed E-state index contributed by atoms with van der Waals surface area (Å²) in [6.07, 6.45) is 7.73. The molecule has 3 nitrogen and oxygen atoms in total. The van der Waals surface area contributed by atoms with Gasteiger partial charge < -0.3 is 9.88 Å². The van der Waals surface area contributed by atoms with Crippen molar-refractivity contribution >= 4 is 0 Å². The molecule has 0 amide bonds. The van der Waals surface area contributed by atoms with E-state index in [4.69, 9.17) is 0 Å². The van der Waals surface area contributed by atoms with E-state index in [2.05, 4.69) is 28.0 Å². The van der Waals surface area contributed by atoms with E-state index in [-0.39, 0.29) is 0 Å². The summed E-state index contributed by atoms with van der Waals surface area (Å²) in [4.78, 5) is 4.34. The standard InChI is InChI=1S/C11H19N3/c1-2-11-13-6-7-14(11)9-10-4-3-5-12-8-10/h6-7,10,12H,2-5,8-9H2,1H3. The minimum Gasteiger partial charge on any atom is -0.335 e. The van der Waals surface area contributed by atoms with Crippen molar-refractivity contribution < 1.29 is 0 Å². The van der Waals surface area contributed by atoms with Gasteiger partial charge in [-0.2, -0.15) is 0 Å². The number of aryl methyl sites for hydroxylation is 1. The summed E-state index contributed by atoms with van der Waals surface area (Å²) in [5.74, 6) is 2.01. The molecule has 3 heteroatoms. The molecule has 2 rings (SSSR count). The lowest BCUT2D eigenvalue weighted by Gasteiger charge is -2.23. The number of aromatic nitrogens is 2. The molecule has 1 unspecified atom stereocenters. The molecule has 1 saturated heterocycles. The highest BCUT2D eigenvalue weighted by atomic mass is 15.1. The largest absolute Gasteiger partial charge is 0.335 e. The second-order valence-electron chi connectivity index (χ2n) is 4.06. The number of hydrogen-bond donors (Lipinski definition) is 1. The van der Waals surface area contributed by atoms with E-state index in [1.807, 2.05) is 6.20 Å². The summed E-state index contributed by atoms with van der Waals surface area (Å²) in [6, 6.07) is 0. The second kappa shape index (κ2) is 4.60. The summed E-state index contributed by atoms with van der Waals surface area (Å²) in [5.41, 5.74) is 0. The number of hydrogen-bond acceptors (Lipinski definition) is 2. The highest BCUT2D eigenvalue weighted by molar-refractivity contribution is 4.92. The molecule has 2 heterocycles. The van der Waals surface area contributed by atoms with E-state index in [1.54, 1.807) is 0 Å². The Morgan fingerprint density at radius 3 is 3.29 bits per heavy atom. The van der Waals surface area contributed by atoms with Gasteiger partial charge in [0.1, 0.15) is 5.82 Å². The van der Waals surface area contributed by atoms with Crippen LogP contribution < -0.4 is 5.32 Å². The number of nitrogens with zero attached hydrogens (tertiary/aromatic N) is 2. The van der Waals surface area contributed by atoms with E-state index in [0.29, 0.717) is 0 Å². The van der Waals surface area contributed by atoms with Crippen LogP contribution in [0.25, 0.3) is 0 Å². The van der Waals surface area contributed by atoms with Crippen molar-refractivity contribution in [3.63, 3.8) is 0 Å². The van der Waals surface area contributed by atoms with Gasteiger partial charge in [-0.25, -0.2) is 4.98 Å². The molecule has 0 spiro atoms. The van der Waals surface area contributed by atoms with Crippen LogP contribution in [0.2, 0.25) is 0 Å². The lowest BCUT2D eigenvalue weighted by Crippen LogP contribution is -2.32. The van der Waals surface area contributed by atoms with Crippen LogP contribution in [0.15, 0.2) is 12.4 Å². The van der Waals surface area contributed by atoms with Crippen LogP contribution in [-0.2, 0) is 13.0 Å². The highest BCUT2D eigenvalue weighted by Crippen LogP contribution is 2.13. The molecule has 1 aliphatic rings. The van der Waals surface area contributed by atoms with E-state index in [0.717, 1.165) is 18.9 Å². The molecule has 0 saturated carbocycles. The summed E-state index contributed by atoms with van der Waals surface area (Å²) < 4.78 is 2.30. The summed E-state index contributed by atoms with van der Waals surface area (Å²) in [5, 5.41) is 3.45. The number of nitrogens with one attached hydrogen (secondary N) is 1. The fraction of sp³-hybridized carbons (Fsp3) is 0.727. The van der Waals surface area contributed by atoms with Crippen LogP contribution in [0, 0.1) is 5.92 Å². The number of imidazole rings is 1. The minimum atomic E-state index is 0.795. The first kappa shape index (κ1) is 9.71. The van der Waals surface area contributed by atoms with Crippen LogP contribution in [0.5, 0.6) is 0 Å². The summed E-state index contributed by atoms with van der Waals surface area (Å²) >= 11 is 0. The molecule has 1 aromatic heterocycles. The Balaban J connectivity index is 1.95. The van der Waals surface area contributed by atoms with Gasteiger partial charge in [0, 0.05) is 25.4 Å². The zero-order valence-corrected chi connectivity index (χ0v) is 8.87. The highest BCUT2D eigenvalue weighted by Gasteiger charge is 2.14. The number of rotatable bonds is 3. The van der Waals surface area contributed by atoms with Gasteiger partial charge in [0.05, 0.1) is 0 Å². The zero-order valence-electron chi connectivity index (χ0n) is 8.87. The maximum atomic E-state index is 4.34. The van der Waals surface area contributed by atoms with Crippen molar-refractivity contribution in [2.75, 3.05) is 13.1 Å². The van der Waals surface area contributed by atoms with Gasteiger partial charge in [-0.15, -0.1) is 0 Å². The first-order valence-electron chi connectivity index (χ1n) is 5.61. The van der Waals surface area contributed by atoms with Gasteiger partial charge in [0.25, 0.3) is 0 Å². The van der Waals surface area contributed by atoms with Gasteiger partial charge in [0.15, 0.2) is 0 Å². The topological polar surface area (TPSA) is 29.9 Å². The van der Waals surface area contributed by atoms with E-state index >= 15 is 0 Å². The predicted molar refractivity (Wildman–Crippen MR) is 57.2 cm³/mol. The van der Waals surface area contributed by atoms with Crippen molar-refractivity contribution in [3.8, 4) is 0 Å². The molecule has 1 fully saturated rings. The van der Waals surface area contributed by atoms with Crippen LogP contribution in [0.4, 0.5) is 0 Å². The van der Waals surface area contributed by atoms with E-state index < -0.39 is 0 Å². The molecule has 1 N–H and O–H groups in total. The van der Waals surface area contributed by atoms with E-state index in [9.17, 15) is 0 Å². The molecule has 0 bridgehead atoms. The monoisotopic (exact) mass is 193 g/mol. The van der Waals surface area contributed by atoms with Crippen LogP contribution in [-0.4, -0.2) is 22.6 Å². The van der Waals surface area contributed by atoms with Crippen molar-refractivity contribution in [3.05, 3.63) is 18.2 Å². The Morgan fingerprint density at radius 1 is 1.64 bits per heavy atom. The van der Waals surface area contributed by atoms with Gasteiger partial charge in [0.2, 0.25) is 0 Å². The average Bonchev–Trinajstić information content (AvgIpc) is 2.67. The van der Waals surface area contributed by atoms with Crippen LogP contribution in [0.3, 0.4) is 0 Å². The molecule has 1 aliphatic heterocycles. The quantitative estimate of drug-likeness (QED) is 0.787. The maximum Gasteiger partial charge on any atom is 0.108 e. The third-order valence-corrected chi connectivity index (χ3v) is 2.97. The molecule has 1 aromatic rings. The van der Waals surface area contributed by atoms with Crippen molar-refractivity contribution in [1.29, 1.82) is 0 Å². The molecule has 0 aliphatic carbocycles. The zero-order chi connectivity index (χ0) is 9.80. The maximum absolute atomic E-state index is 4.34. The molecular formula is C11H19N3. The summed E-state index contributed by atoms with van der Waals surface area (Å²) in [6.45, 7) is 5.66. The summed E-state index contributed by atoms with van der Waals surface area (Å²) in [7, 11) is 0.